The number of phenolic OH excluding ortho intramolecular Hbond substituents is 1. The lowest BCUT2D eigenvalue weighted by molar-refractivity contribution is 0.478. The highest BCUT2D eigenvalue weighted by Crippen LogP contribution is 2.34. The lowest BCUT2D eigenvalue weighted by atomic mass is 10.3. The number of rotatable bonds is 3. The first-order chi connectivity index (χ1) is 9.31. The van der Waals surface area contributed by atoms with Crippen molar-refractivity contribution in [3.63, 3.8) is 0 Å². The fourth-order valence-electron chi connectivity index (χ4n) is 1.48. The Balaban J connectivity index is 2.46. The van der Waals surface area contributed by atoms with Crippen molar-refractivity contribution < 1.29 is 13.5 Å². The molecule has 0 aromatic heterocycles. The Morgan fingerprint density at radius 3 is 2.40 bits per heavy atom. The first-order valence-corrected chi connectivity index (χ1v) is 7.88. The maximum absolute atomic E-state index is 12.2. The van der Waals surface area contributed by atoms with Crippen LogP contribution in [0.3, 0.4) is 0 Å². The van der Waals surface area contributed by atoms with E-state index in [1.807, 2.05) is 0 Å². The summed E-state index contributed by atoms with van der Waals surface area (Å²) in [6.07, 6.45) is 0. The maximum atomic E-state index is 12.2. The molecule has 2 N–H and O–H groups in total. The Hall–Kier alpha value is -1.14. The number of anilines is 1. The minimum Gasteiger partial charge on any atom is -0.504 e. The normalized spacial score (nSPS) is 11.3. The van der Waals surface area contributed by atoms with Gasteiger partial charge < -0.3 is 5.11 Å². The number of para-hydroxylation sites is 1. The average Bonchev–Trinajstić information content (AvgIpc) is 2.37. The van der Waals surface area contributed by atoms with Crippen LogP contribution in [0.25, 0.3) is 0 Å². The largest absolute Gasteiger partial charge is 0.504 e. The van der Waals surface area contributed by atoms with Gasteiger partial charge in [-0.2, -0.15) is 0 Å². The highest BCUT2D eigenvalue weighted by molar-refractivity contribution is 7.92. The second kappa shape index (κ2) is 5.69. The van der Waals surface area contributed by atoms with Gasteiger partial charge in [0.25, 0.3) is 10.0 Å². The van der Waals surface area contributed by atoms with Crippen molar-refractivity contribution in [2.24, 2.45) is 0 Å². The molecule has 8 heteroatoms. The van der Waals surface area contributed by atoms with Crippen LogP contribution in [0.4, 0.5) is 5.69 Å². The number of nitrogens with one attached hydrogen (secondary N) is 1. The first-order valence-electron chi connectivity index (χ1n) is 5.26. The summed E-state index contributed by atoms with van der Waals surface area (Å²) in [5, 5.41) is 9.99. The van der Waals surface area contributed by atoms with E-state index in [1.54, 1.807) is 0 Å². The summed E-state index contributed by atoms with van der Waals surface area (Å²) in [4.78, 5) is -0.189. The predicted octanol–water partition coefficient (Wildman–Crippen LogP) is 4.15. The van der Waals surface area contributed by atoms with Gasteiger partial charge in [0.2, 0.25) is 0 Å². The standard InChI is InChI=1S/C12H8Cl3NO3S/c13-7-4-5-8(14)11(6-7)20(18,19)16-10-3-1-2-9(15)12(10)17/h1-6,16-17H. The summed E-state index contributed by atoms with van der Waals surface area (Å²) >= 11 is 17.3. The molecule has 0 aliphatic heterocycles. The molecule has 0 saturated carbocycles. The van der Waals surface area contributed by atoms with Crippen LogP contribution in [0.2, 0.25) is 15.1 Å². The van der Waals surface area contributed by atoms with Crippen molar-refractivity contribution in [2.45, 2.75) is 4.90 Å². The Morgan fingerprint density at radius 1 is 1.00 bits per heavy atom. The van der Waals surface area contributed by atoms with E-state index in [-0.39, 0.29) is 31.4 Å². The quantitative estimate of drug-likeness (QED) is 0.815. The molecule has 0 amide bonds. The van der Waals surface area contributed by atoms with Crippen molar-refractivity contribution >= 4 is 50.5 Å². The first kappa shape index (κ1) is 15.3. The molecule has 2 aromatic rings. The van der Waals surface area contributed by atoms with E-state index >= 15 is 0 Å². The van der Waals surface area contributed by atoms with Crippen LogP contribution in [-0.4, -0.2) is 13.5 Å². The van der Waals surface area contributed by atoms with Crippen LogP contribution >= 0.6 is 34.8 Å². The Bertz CT molecular complexity index is 763. The minimum atomic E-state index is -3.99. The van der Waals surface area contributed by atoms with Gasteiger partial charge in [-0.15, -0.1) is 0 Å². The van der Waals surface area contributed by atoms with E-state index in [0.29, 0.717) is 0 Å². The van der Waals surface area contributed by atoms with Crippen molar-refractivity contribution in [3.05, 3.63) is 51.5 Å². The Kier molecular flexibility index (Phi) is 4.34. The van der Waals surface area contributed by atoms with E-state index in [1.165, 1.54) is 36.4 Å². The lowest BCUT2D eigenvalue weighted by Gasteiger charge is -2.11. The number of benzene rings is 2. The van der Waals surface area contributed by atoms with Crippen LogP contribution in [0.1, 0.15) is 0 Å². The van der Waals surface area contributed by atoms with Crippen molar-refractivity contribution in [1.82, 2.24) is 0 Å². The molecule has 0 unspecified atom stereocenters. The van der Waals surface area contributed by atoms with Crippen LogP contribution in [0, 0.1) is 0 Å². The van der Waals surface area contributed by atoms with E-state index in [4.69, 9.17) is 34.8 Å². The molecule has 106 valence electrons. The number of aromatic hydroxyl groups is 1. The van der Waals surface area contributed by atoms with Gasteiger partial charge in [0.15, 0.2) is 5.75 Å². The second-order valence-corrected chi connectivity index (χ2v) is 6.72. The van der Waals surface area contributed by atoms with Gasteiger partial charge in [-0.25, -0.2) is 8.42 Å². The third-order valence-corrected chi connectivity index (χ3v) is 4.80. The van der Waals surface area contributed by atoms with Gasteiger partial charge in [0.1, 0.15) is 4.90 Å². The number of hydrogen-bond acceptors (Lipinski definition) is 3. The lowest BCUT2D eigenvalue weighted by Crippen LogP contribution is -2.13. The fraction of sp³-hybridized carbons (Fsp3) is 0. The van der Waals surface area contributed by atoms with Crippen LogP contribution in [-0.2, 0) is 10.0 Å². The third-order valence-electron chi connectivity index (χ3n) is 2.41. The molecule has 2 aromatic carbocycles. The highest BCUT2D eigenvalue weighted by atomic mass is 35.5. The molecule has 4 nitrogen and oxygen atoms in total. The topological polar surface area (TPSA) is 66.4 Å². The van der Waals surface area contributed by atoms with Gasteiger partial charge >= 0.3 is 0 Å². The maximum Gasteiger partial charge on any atom is 0.263 e. The van der Waals surface area contributed by atoms with Gasteiger partial charge in [0.05, 0.1) is 15.7 Å². The molecule has 20 heavy (non-hydrogen) atoms. The molecule has 2 rings (SSSR count). The summed E-state index contributed by atoms with van der Waals surface area (Å²) < 4.78 is 26.7. The third kappa shape index (κ3) is 3.12. The van der Waals surface area contributed by atoms with Crippen molar-refractivity contribution in [1.29, 1.82) is 0 Å². The molecule has 0 saturated heterocycles. The number of hydrogen-bond donors (Lipinski definition) is 2. The van der Waals surface area contributed by atoms with Crippen LogP contribution in [0.15, 0.2) is 41.3 Å². The Morgan fingerprint density at radius 2 is 1.70 bits per heavy atom. The molecule has 0 bridgehead atoms. The van der Waals surface area contributed by atoms with Crippen molar-refractivity contribution in [2.75, 3.05) is 4.72 Å². The second-order valence-electron chi connectivity index (χ2n) is 3.82. The summed E-state index contributed by atoms with van der Waals surface area (Å²) in [6.45, 7) is 0. The average molecular weight is 353 g/mol. The van der Waals surface area contributed by atoms with E-state index in [0.717, 1.165) is 0 Å². The van der Waals surface area contributed by atoms with E-state index in [9.17, 15) is 13.5 Å². The molecule has 0 radical (unpaired) electrons. The van der Waals surface area contributed by atoms with E-state index in [2.05, 4.69) is 4.72 Å². The SMILES string of the molecule is O=S(=O)(Nc1cccc(Cl)c1O)c1cc(Cl)ccc1Cl. The van der Waals surface area contributed by atoms with Gasteiger partial charge in [0, 0.05) is 5.02 Å². The van der Waals surface area contributed by atoms with Crippen LogP contribution < -0.4 is 4.72 Å². The van der Waals surface area contributed by atoms with Gasteiger partial charge in [-0.05, 0) is 30.3 Å². The number of phenols is 1. The predicted molar refractivity (Wildman–Crippen MR) is 80.4 cm³/mol. The zero-order valence-electron chi connectivity index (χ0n) is 9.77. The summed E-state index contributed by atoms with van der Waals surface area (Å²) in [5.74, 6) is -0.365. The number of halogens is 3. The van der Waals surface area contributed by atoms with Crippen molar-refractivity contribution in [3.8, 4) is 5.75 Å². The summed E-state index contributed by atoms with van der Waals surface area (Å²) in [6, 6.07) is 8.36. The van der Waals surface area contributed by atoms with Gasteiger partial charge in [-0.3, -0.25) is 4.72 Å². The van der Waals surface area contributed by atoms with Crippen LogP contribution in [0.5, 0.6) is 5.75 Å². The Labute approximate surface area is 131 Å². The summed E-state index contributed by atoms with van der Waals surface area (Å²) in [7, 11) is -3.99. The fourth-order valence-corrected chi connectivity index (χ4v) is 3.49. The molecule has 0 heterocycles. The smallest absolute Gasteiger partial charge is 0.263 e. The summed E-state index contributed by atoms with van der Waals surface area (Å²) in [5.41, 5.74) is -0.0476. The molecule has 0 atom stereocenters. The molecular weight excluding hydrogens is 345 g/mol. The zero-order valence-corrected chi connectivity index (χ0v) is 12.9. The minimum absolute atomic E-state index is 0.0171. The molecule has 0 fully saturated rings. The highest BCUT2D eigenvalue weighted by Gasteiger charge is 2.20. The van der Waals surface area contributed by atoms with Gasteiger partial charge in [-0.1, -0.05) is 40.9 Å². The zero-order chi connectivity index (χ0) is 14.9. The van der Waals surface area contributed by atoms with E-state index < -0.39 is 10.0 Å². The monoisotopic (exact) mass is 351 g/mol. The molecule has 0 aliphatic carbocycles. The molecule has 0 aliphatic rings. The molecule has 0 spiro atoms. The molecular formula is C12H8Cl3NO3S. The number of sulfonamides is 1.